The highest BCUT2D eigenvalue weighted by molar-refractivity contribution is 5.93. The number of carbonyl (C=O) groups excluding carboxylic acids is 1. The summed E-state index contributed by atoms with van der Waals surface area (Å²) >= 11 is 0. The highest BCUT2D eigenvalue weighted by atomic mass is 16.5. The molecule has 1 aromatic carbocycles. The number of aromatic nitrogens is 1. The average Bonchev–Trinajstić information content (AvgIpc) is 2.87. The van der Waals surface area contributed by atoms with Crippen LogP contribution in [0.4, 0.5) is 4.79 Å². The molecule has 1 aliphatic heterocycles. The molecule has 0 aliphatic carbocycles. The lowest BCUT2D eigenvalue weighted by Crippen LogP contribution is -2.36. The number of benzene rings is 1. The minimum atomic E-state index is -0.885. The number of ether oxygens (including phenoxy) is 1. The molecule has 2 heterocycles. The number of nitrogens with one attached hydrogen (secondary N) is 1. The molecule has 1 aliphatic rings. The maximum absolute atomic E-state index is 11.6. The quantitative estimate of drug-likeness (QED) is 0.820. The largest absolute Gasteiger partial charge is 0.465 e. The third-order valence-electron chi connectivity index (χ3n) is 5.31. The molecule has 0 fully saturated rings. The van der Waals surface area contributed by atoms with Gasteiger partial charge in [0.05, 0.1) is 5.56 Å². The van der Waals surface area contributed by atoms with Gasteiger partial charge in [-0.2, -0.15) is 0 Å². The van der Waals surface area contributed by atoms with Gasteiger partial charge in [-0.3, -0.25) is 4.79 Å². The molecule has 2 amide bonds. The third-order valence-corrected chi connectivity index (χ3v) is 5.31. The Bertz CT molecular complexity index is 903. The Kier molecular flexibility index (Phi) is 5.77. The van der Waals surface area contributed by atoms with E-state index in [9.17, 15) is 14.7 Å². The van der Waals surface area contributed by atoms with Gasteiger partial charge in [0.1, 0.15) is 5.75 Å². The van der Waals surface area contributed by atoms with Gasteiger partial charge in [-0.25, -0.2) is 9.78 Å². The van der Waals surface area contributed by atoms with Crippen LogP contribution in [0.1, 0.15) is 48.2 Å². The number of fused-ring (bicyclic) bond motifs is 1. The average molecular weight is 397 g/mol. The SMILES string of the molecule is CNC(=O)c1ccc(Oc2ccc3c(c2)CCN(C(=O)O)CC3C(C)(C)C)nc1. The molecule has 1 atom stereocenters. The number of carbonyl (C=O) groups is 2. The molecule has 1 unspecified atom stereocenters. The second kappa shape index (κ2) is 8.11. The summed E-state index contributed by atoms with van der Waals surface area (Å²) in [5.41, 5.74) is 2.64. The number of amides is 2. The second-order valence-corrected chi connectivity index (χ2v) is 8.32. The molecular weight excluding hydrogens is 370 g/mol. The number of rotatable bonds is 3. The summed E-state index contributed by atoms with van der Waals surface area (Å²) in [7, 11) is 1.57. The maximum atomic E-state index is 11.6. The first-order chi connectivity index (χ1) is 13.7. The molecule has 3 rings (SSSR count). The topological polar surface area (TPSA) is 91.8 Å². The van der Waals surface area contributed by atoms with Gasteiger partial charge in [-0.1, -0.05) is 26.8 Å². The van der Waals surface area contributed by atoms with Crippen LogP contribution in [0.15, 0.2) is 36.5 Å². The molecule has 0 radical (unpaired) electrons. The minimum absolute atomic E-state index is 0.0770. The van der Waals surface area contributed by atoms with E-state index >= 15 is 0 Å². The van der Waals surface area contributed by atoms with Gasteiger partial charge in [-0.05, 0) is 41.2 Å². The lowest BCUT2D eigenvalue weighted by atomic mass is 9.75. The highest BCUT2D eigenvalue weighted by Gasteiger charge is 2.33. The molecule has 2 N–H and O–H groups in total. The summed E-state index contributed by atoms with van der Waals surface area (Å²) in [6, 6.07) is 9.20. The summed E-state index contributed by atoms with van der Waals surface area (Å²) in [5.74, 6) is 0.923. The van der Waals surface area contributed by atoms with Crippen LogP contribution < -0.4 is 10.1 Å². The Morgan fingerprint density at radius 1 is 1.24 bits per heavy atom. The van der Waals surface area contributed by atoms with Gasteiger partial charge >= 0.3 is 6.09 Å². The van der Waals surface area contributed by atoms with Gasteiger partial charge in [0.2, 0.25) is 5.88 Å². The van der Waals surface area contributed by atoms with Crippen LogP contribution in [0.25, 0.3) is 0 Å². The van der Waals surface area contributed by atoms with Crippen molar-refractivity contribution in [3.8, 4) is 11.6 Å². The zero-order valence-corrected chi connectivity index (χ0v) is 17.2. The van der Waals surface area contributed by atoms with E-state index in [1.165, 1.54) is 11.1 Å². The monoisotopic (exact) mass is 397 g/mol. The van der Waals surface area contributed by atoms with Crippen LogP contribution in [0, 0.1) is 5.41 Å². The van der Waals surface area contributed by atoms with E-state index in [1.54, 1.807) is 19.2 Å². The van der Waals surface area contributed by atoms with Crippen molar-refractivity contribution in [2.45, 2.75) is 33.1 Å². The normalized spacial score (nSPS) is 16.6. The van der Waals surface area contributed by atoms with Crippen LogP contribution in [-0.4, -0.2) is 47.1 Å². The van der Waals surface area contributed by atoms with Crippen LogP contribution in [0.3, 0.4) is 0 Å². The van der Waals surface area contributed by atoms with Gasteiger partial charge in [0.25, 0.3) is 5.91 Å². The molecular formula is C22H27N3O4. The van der Waals surface area contributed by atoms with Crippen LogP contribution in [0.2, 0.25) is 0 Å². The Hall–Kier alpha value is -3.09. The zero-order valence-electron chi connectivity index (χ0n) is 17.2. The van der Waals surface area contributed by atoms with Gasteiger partial charge in [0.15, 0.2) is 0 Å². The van der Waals surface area contributed by atoms with E-state index in [-0.39, 0.29) is 17.2 Å². The highest BCUT2D eigenvalue weighted by Crippen LogP contribution is 2.40. The van der Waals surface area contributed by atoms with Gasteiger partial charge in [0, 0.05) is 38.3 Å². The Morgan fingerprint density at radius 2 is 2.00 bits per heavy atom. The van der Waals surface area contributed by atoms with E-state index in [2.05, 4.69) is 31.1 Å². The molecule has 2 aromatic rings. The van der Waals surface area contributed by atoms with Crippen molar-refractivity contribution in [3.63, 3.8) is 0 Å². The lowest BCUT2D eigenvalue weighted by Gasteiger charge is -2.33. The van der Waals surface area contributed by atoms with E-state index in [1.807, 2.05) is 18.2 Å². The smallest absolute Gasteiger partial charge is 0.407 e. The molecule has 29 heavy (non-hydrogen) atoms. The van der Waals surface area contributed by atoms with E-state index in [0.717, 1.165) is 11.1 Å². The standard InChI is InChI=1S/C22H27N3O4/c1-22(2,3)18-13-25(21(27)28)10-9-14-11-16(6-7-17(14)18)29-19-8-5-15(12-24-19)20(26)23-4/h5-8,11-12,18H,9-10,13H2,1-4H3,(H,23,26)(H,27,28). The first kappa shape index (κ1) is 20.6. The fourth-order valence-electron chi connectivity index (χ4n) is 3.62. The van der Waals surface area contributed by atoms with Crippen molar-refractivity contribution < 1.29 is 19.4 Å². The molecule has 0 bridgehead atoms. The maximum Gasteiger partial charge on any atom is 0.407 e. The number of pyridine rings is 1. The molecule has 0 spiro atoms. The first-order valence-corrected chi connectivity index (χ1v) is 9.65. The van der Waals surface area contributed by atoms with E-state index in [0.29, 0.717) is 36.7 Å². The zero-order chi connectivity index (χ0) is 21.2. The number of carboxylic acid groups (broad SMARTS) is 1. The number of hydrogen-bond donors (Lipinski definition) is 2. The van der Waals surface area contributed by atoms with Crippen molar-refractivity contribution >= 4 is 12.0 Å². The van der Waals surface area contributed by atoms with E-state index < -0.39 is 6.09 Å². The van der Waals surface area contributed by atoms with Gasteiger partial charge < -0.3 is 20.1 Å². The summed E-state index contributed by atoms with van der Waals surface area (Å²) in [6.45, 7) is 7.34. The van der Waals surface area contributed by atoms with Crippen molar-refractivity contribution in [2.75, 3.05) is 20.1 Å². The van der Waals surface area contributed by atoms with E-state index in [4.69, 9.17) is 4.74 Å². The lowest BCUT2D eigenvalue weighted by molar-refractivity contribution is 0.0962. The Balaban J connectivity index is 1.86. The van der Waals surface area contributed by atoms with Crippen molar-refractivity contribution in [1.82, 2.24) is 15.2 Å². The summed E-state index contributed by atoms with van der Waals surface area (Å²) < 4.78 is 5.88. The molecule has 1 aromatic heterocycles. The summed E-state index contributed by atoms with van der Waals surface area (Å²) in [4.78, 5) is 28.9. The fourth-order valence-corrected chi connectivity index (χ4v) is 3.62. The van der Waals surface area contributed by atoms with Crippen LogP contribution in [-0.2, 0) is 6.42 Å². The molecule has 7 nitrogen and oxygen atoms in total. The third kappa shape index (κ3) is 4.67. The number of hydrogen-bond acceptors (Lipinski definition) is 4. The predicted octanol–water partition coefficient (Wildman–Crippen LogP) is 3.90. The molecule has 7 heteroatoms. The summed E-state index contributed by atoms with van der Waals surface area (Å²) in [6.07, 6.45) is 1.22. The van der Waals surface area contributed by atoms with Gasteiger partial charge in [-0.15, -0.1) is 0 Å². The molecule has 0 saturated carbocycles. The number of nitrogens with zero attached hydrogens (tertiary/aromatic N) is 2. The molecule has 0 saturated heterocycles. The fraction of sp³-hybridized carbons (Fsp3) is 0.409. The first-order valence-electron chi connectivity index (χ1n) is 9.65. The van der Waals surface area contributed by atoms with Crippen LogP contribution in [0.5, 0.6) is 11.6 Å². The second-order valence-electron chi connectivity index (χ2n) is 8.32. The Morgan fingerprint density at radius 3 is 2.59 bits per heavy atom. The van der Waals surface area contributed by atoms with Crippen LogP contribution >= 0.6 is 0 Å². The predicted molar refractivity (Wildman–Crippen MR) is 110 cm³/mol. The Labute approximate surface area is 170 Å². The van der Waals surface area contributed by atoms with Crippen molar-refractivity contribution in [3.05, 3.63) is 53.2 Å². The minimum Gasteiger partial charge on any atom is -0.465 e. The summed E-state index contributed by atoms with van der Waals surface area (Å²) in [5, 5.41) is 12.1. The van der Waals surface area contributed by atoms with Crippen molar-refractivity contribution in [2.24, 2.45) is 5.41 Å². The molecule has 154 valence electrons. The van der Waals surface area contributed by atoms with Crippen molar-refractivity contribution in [1.29, 1.82) is 0 Å².